The molecule has 0 aliphatic heterocycles. The average Bonchev–Trinajstić information content (AvgIpc) is 2.51. The van der Waals surface area contributed by atoms with Crippen molar-refractivity contribution >= 4 is 0 Å². The predicted molar refractivity (Wildman–Crippen MR) is 90.5 cm³/mol. The lowest BCUT2D eigenvalue weighted by molar-refractivity contribution is 0.616. The fourth-order valence-electron chi connectivity index (χ4n) is 2.59. The van der Waals surface area contributed by atoms with E-state index >= 15 is 0 Å². The van der Waals surface area contributed by atoms with Crippen LogP contribution in [0.3, 0.4) is 0 Å². The number of hydrogen-bond acceptors (Lipinski definition) is 2. The Morgan fingerprint density at radius 3 is 2.62 bits per heavy atom. The van der Waals surface area contributed by atoms with E-state index < -0.39 is 0 Å². The minimum atomic E-state index is 1.13. The molecule has 0 unspecified atom stereocenters. The Morgan fingerprint density at radius 1 is 0.952 bits per heavy atom. The van der Waals surface area contributed by atoms with Gasteiger partial charge in [0.15, 0.2) is 0 Å². The number of benzene rings is 1. The van der Waals surface area contributed by atoms with Gasteiger partial charge in [-0.1, -0.05) is 42.7 Å². The average molecular weight is 282 g/mol. The van der Waals surface area contributed by atoms with Gasteiger partial charge in [0.1, 0.15) is 0 Å². The van der Waals surface area contributed by atoms with Crippen molar-refractivity contribution in [3.05, 3.63) is 53.9 Å². The topological polar surface area (TPSA) is 24.9 Å². The van der Waals surface area contributed by atoms with Crippen LogP contribution in [0.4, 0.5) is 0 Å². The zero-order valence-corrected chi connectivity index (χ0v) is 13.2. The molecule has 0 saturated carbocycles. The van der Waals surface area contributed by atoms with Gasteiger partial charge >= 0.3 is 0 Å². The van der Waals surface area contributed by atoms with E-state index in [1.165, 1.54) is 47.9 Å². The number of pyridine rings is 1. The number of unbranched alkanes of at least 4 members (excludes halogenated alkanes) is 3. The van der Waals surface area contributed by atoms with Crippen molar-refractivity contribution in [3.8, 4) is 11.1 Å². The van der Waals surface area contributed by atoms with Gasteiger partial charge in [0.25, 0.3) is 0 Å². The Balaban J connectivity index is 1.89. The van der Waals surface area contributed by atoms with Gasteiger partial charge < -0.3 is 5.32 Å². The number of hydrogen-bond donors (Lipinski definition) is 1. The third-order valence-corrected chi connectivity index (χ3v) is 3.79. The molecule has 1 N–H and O–H groups in total. The van der Waals surface area contributed by atoms with Gasteiger partial charge in [-0.15, -0.1) is 0 Å². The van der Waals surface area contributed by atoms with Crippen molar-refractivity contribution in [2.24, 2.45) is 0 Å². The van der Waals surface area contributed by atoms with Crippen LogP contribution in [-0.4, -0.2) is 18.6 Å². The van der Waals surface area contributed by atoms with E-state index in [9.17, 15) is 0 Å². The summed E-state index contributed by atoms with van der Waals surface area (Å²) in [6, 6.07) is 10.9. The second-order valence-electron chi connectivity index (χ2n) is 5.72. The molecule has 0 aliphatic carbocycles. The second kappa shape index (κ2) is 8.58. The number of rotatable bonds is 8. The highest BCUT2D eigenvalue weighted by Crippen LogP contribution is 2.21. The lowest BCUT2D eigenvalue weighted by atomic mass is 10.0. The van der Waals surface area contributed by atoms with Crippen molar-refractivity contribution in [1.29, 1.82) is 0 Å². The molecule has 112 valence electrons. The predicted octanol–water partition coefficient (Wildman–Crippen LogP) is 4.38. The lowest BCUT2D eigenvalue weighted by Gasteiger charge is -2.06. The van der Waals surface area contributed by atoms with Gasteiger partial charge in [-0.2, -0.15) is 0 Å². The zero-order valence-electron chi connectivity index (χ0n) is 13.2. The minimum Gasteiger partial charge on any atom is -0.320 e. The summed E-state index contributed by atoms with van der Waals surface area (Å²) in [5.74, 6) is 0. The van der Waals surface area contributed by atoms with Crippen molar-refractivity contribution in [2.75, 3.05) is 13.6 Å². The van der Waals surface area contributed by atoms with E-state index in [2.05, 4.69) is 47.6 Å². The quantitative estimate of drug-likeness (QED) is 0.727. The summed E-state index contributed by atoms with van der Waals surface area (Å²) in [5, 5.41) is 3.20. The molecule has 2 aromatic rings. The molecule has 0 spiro atoms. The van der Waals surface area contributed by atoms with Gasteiger partial charge in [-0.3, -0.25) is 4.98 Å². The molecule has 2 rings (SSSR count). The summed E-state index contributed by atoms with van der Waals surface area (Å²) in [6.45, 7) is 3.26. The molecule has 1 aromatic carbocycles. The normalized spacial score (nSPS) is 10.8. The van der Waals surface area contributed by atoms with Crippen LogP contribution in [0.15, 0.2) is 42.7 Å². The van der Waals surface area contributed by atoms with Crippen molar-refractivity contribution < 1.29 is 0 Å². The highest BCUT2D eigenvalue weighted by atomic mass is 14.8. The summed E-state index contributed by atoms with van der Waals surface area (Å²) >= 11 is 0. The van der Waals surface area contributed by atoms with E-state index in [4.69, 9.17) is 0 Å². The zero-order chi connectivity index (χ0) is 14.9. The standard InChI is InChI=1S/C19H26N2/c1-16-8-7-10-18(12-16)19-13-17(14-21-15-19)9-5-3-4-6-11-20-2/h7-8,10,12-15,20H,3-6,9,11H2,1-2H3. The van der Waals surface area contributed by atoms with E-state index in [1.807, 2.05) is 19.4 Å². The summed E-state index contributed by atoms with van der Waals surface area (Å²) in [6.07, 6.45) is 10.2. The Bertz CT molecular complexity index is 549. The van der Waals surface area contributed by atoms with Gasteiger partial charge in [-0.05, 0) is 57.0 Å². The summed E-state index contributed by atoms with van der Waals surface area (Å²) in [4.78, 5) is 4.41. The first kappa shape index (κ1) is 15.7. The smallest absolute Gasteiger partial charge is 0.0346 e. The molecule has 0 saturated heterocycles. The third-order valence-electron chi connectivity index (χ3n) is 3.79. The molecule has 0 bridgehead atoms. The number of nitrogens with one attached hydrogen (secondary N) is 1. The molecule has 0 amide bonds. The Kier molecular flexibility index (Phi) is 6.42. The van der Waals surface area contributed by atoms with Gasteiger partial charge in [-0.25, -0.2) is 0 Å². The van der Waals surface area contributed by atoms with Crippen LogP contribution < -0.4 is 5.32 Å². The third kappa shape index (κ3) is 5.31. The Hall–Kier alpha value is -1.67. The second-order valence-corrected chi connectivity index (χ2v) is 5.72. The lowest BCUT2D eigenvalue weighted by Crippen LogP contribution is -2.06. The number of nitrogens with zero attached hydrogens (tertiary/aromatic N) is 1. The maximum atomic E-state index is 4.41. The number of aryl methyl sites for hydroxylation is 2. The first-order valence-corrected chi connectivity index (χ1v) is 7.95. The first-order valence-electron chi connectivity index (χ1n) is 7.95. The van der Waals surface area contributed by atoms with Gasteiger partial charge in [0.05, 0.1) is 0 Å². The van der Waals surface area contributed by atoms with Crippen LogP contribution in [0.2, 0.25) is 0 Å². The van der Waals surface area contributed by atoms with Crippen LogP contribution in [0, 0.1) is 6.92 Å². The summed E-state index contributed by atoms with van der Waals surface area (Å²) < 4.78 is 0. The molecule has 0 aliphatic rings. The molecule has 2 nitrogen and oxygen atoms in total. The molecular formula is C19H26N2. The van der Waals surface area contributed by atoms with Crippen molar-refractivity contribution in [2.45, 2.75) is 39.0 Å². The highest BCUT2D eigenvalue weighted by Gasteiger charge is 2.01. The maximum Gasteiger partial charge on any atom is 0.0346 e. The molecule has 0 atom stereocenters. The van der Waals surface area contributed by atoms with Gasteiger partial charge in [0, 0.05) is 18.0 Å². The summed E-state index contributed by atoms with van der Waals surface area (Å²) in [7, 11) is 2.02. The molecular weight excluding hydrogens is 256 g/mol. The SMILES string of the molecule is CNCCCCCCc1cncc(-c2cccc(C)c2)c1. The van der Waals surface area contributed by atoms with Crippen molar-refractivity contribution in [1.82, 2.24) is 10.3 Å². The maximum absolute atomic E-state index is 4.41. The van der Waals surface area contributed by atoms with E-state index in [1.54, 1.807) is 0 Å². The van der Waals surface area contributed by atoms with Crippen LogP contribution >= 0.6 is 0 Å². The fourth-order valence-corrected chi connectivity index (χ4v) is 2.59. The van der Waals surface area contributed by atoms with Crippen LogP contribution in [0.5, 0.6) is 0 Å². The highest BCUT2D eigenvalue weighted by molar-refractivity contribution is 5.63. The number of aromatic nitrogens is 1. The van der Waals surface area contributed by atoms with E-state index in [0.717, 1.165) is 13.0 Å². The molecule has 0 fully saturated rings. The Labute approximate surface area is 128 Å². The molecule has 1 heterocycles. The van der Waals surface area contributed by atoms with Crippen molar-refractivity contribution in [3.63, 3.8) is 0 Å². The van der Waals surface area contributed by atoms with Crippen LogP contribution in [0.1, 0.15) is 36.8 Å². The molecule has 1 aromatic heterocycles. The van der Waals surface area contributed by atoms with Crippen LogP contribution in [0.25, 0.3) is 11.1 Å². The molecule has 2 heteroatoms. The van der Waals surface area contributed by atoms with Crippen LogP contribution in [-0.2, 0) is 6.42 Å². The Morgan fingerprint density at radius 2 is 1.81 bits per heavy atom. The molecule has 21 heavy (non-hydrogen) atoms. The van der Waals surface area contributed by atoms with Gasteiger partial charge in [0.2, 0.25) is 0 Å². The largest absolute Gasteiger partial charge is 0.320 e. The summed E-state index contributed by atoms with van der Waals surface area (Å²) in [5.41, 5.74) is 5.13. The molecule has 0 radical (unpaired) electrons. The monoisotopic (exact) mass is 282 g/mol. The van der Waals surface area contributed by atoms with E-state index in [0.29, 0.717) is 0 Å². The fraction of sp³-hybridized carbons (Fsp3) is 0.421. The van der Waals surface area contributed by atoms with E-state index in [-0.39, 0.29) is 0 Å². The minimum absolute atomic E-state index is 1.13. The first-order chi connectivity index (χ1) is 10.3.